The molecule has 1 aliphatic rings. The van der Waals surface area contributed by atoms with Gasteiger partial charge < -0.3 is 14.7 Å². The molecule has 6 nitrogen and oxygen atoms in total. The van der Waals surface area contributed by atoms with E-state index in [-0.39, 0.29) is 5.56 Å². The van der Waals surface area contributed by atoms with Gasteiger partial charge in [-0.3, -0.25) is 0 Å². The number of aromatic nitrogens is 2. The van der Waals surface area contributed by atoms with Gasteiger partial charge in [0.1, 0.15) is 0 Å². The molecule has 0 amide bonds. The fourth-order valence-electron chi connectivity index (χ4n) is 2.03. The van der Waals surface area contributed by atoms with Crippen LogP contribution in [0.5, 0.6) is 0 Å². The van der Waals surface area contributed by atoms with Crippen molar-refractivity contribution in [1.82, 2.24) is 9.97 Å². The molecule has 1 N–H and O–H groups in total. The number of anilines is 1. The van der Waals surface area contributed by atoms with Crippen LogP contribution >= 0.6 is 0 Å². The minimum atomic E-state index is -1.01. The maximum absolute atomic E-state index is 10.7. The average Bonchev–Trinajstić information content (AvgIpc) is 2.40. The highest BCUT2D eigenvalue weighted by molar-refractivity contribution is 5.86. The van der Waals surface area contributed by atoms with Gasteiger partial charge in [0.05, 0.1) is 5.56 Å². The summed E-state index contributed by atoms with van der Waals surface area (Å²) in [5.74, 6) is 0.145. The van der Waals surface area contributed by atoms with Crippen LogP contribution in [0, 0.1) is 5.92 Å². The number of ether oxygens (including phenoxy) is 1. The van der Waals surface area contributed by atoms with Gasteiger partial charge in [-0.15, -0.1) is 0 Å². The third-order valence-corrected chi connectivity index (χ3v) is 3.10. The number of hydrogen-bond donors (Lipinski definition) is 1. The highest BCUT2D eigenvalue weighted by Gasteiger charge is 2.17. The molecule has 2 rings (SSSR count). The maximum Gasteiger partial charge on any atom is 0.338 e. The normalized spacial score (nSPS) is 16.5. The van der Waals surface area contributed by atoms with Crippen LogP contribution in [0.15, 0.2) is 12.4 Å². The molecule has 18 heavy (non-hydrogen) atoms. The molecular formula is C12H17N3O3. The molecule has 0 atom stereocenters. The summed E-state index contributed by atoms with van der Waals surface area (Å²) in [7, 11) is 1.92. The fraction of sp³-hybridized carbons (Fsp3) is 0.583. The van der Waals surface area contributed by atoms with Crippen molar-refractivity contribution in [1.29, 1.82) is 0 Å². The molecule has 2 heterocycles. The Hall–Kier alpha value is -1.69. The SMILES string of the molecule is CN(CC1CCOCC1)c1ncc(C(=O)O)cn1. The van der Waals surface area contributed by atoms with Crippen molar-refractivity contribution in [2.45, 2.75) is 12.8 Å². The quantitative estimate of drug-likeness (QED) is 0.861. The number of carboxylic acids is 1. The Labute approximate surface area is 106 Å². The Balaban J connectivity index is 1.95. The van der Waals surface area contributed by atoms with Gasteiger partial charge >= 0.3 is 5.97 Å². The second kappa shape index (κ2) is 5.77. The lowest BCUT2D eigenvalue weighted by Crippen LogP contribution is -2.30. The van der Waals surface area contributed by atoms with E-state index < -0.39 is 5.97 Å². The number of aromatic carboxylic acids is 1. The van der Waals surface area contributed by atoms with Gasteiger partial charge in [0.2, 0.25) is 5.95 Å². The largest absolute Gasteiger partial charge is 0.478 e. The zero-order valence-corrected chi connectivity index (χ0v) is 10.4. The predicted octanol–water partition coefficient (Wildman–Crippen LogP) is 1.04. The van der Waals surface area contributed by atoms with E-state index in [0.717, 1.165) is 32.6 Å². The Morgan fingerprint density at radius 1 is 1.44 bits per heavy atom. The number of nitrogens with zero attached hydrogens (tertiary/aromatic N) is 3. The van der Waals surface area contributed by atoms with Gasteiger partial charge in [0.25, 0.3) is 0 Å². The second-order valence-corrected chi connectivity index (χ2v) is 4.51. The summed E-state index contributed by atoms with van der Waals surface area (Å²) >= 11 is 0. The summed E-state index contributed by atoms with van der Waals surface area (Å²) in [6, 6.07) is 0. The Morgan fingerprint density at radius 2 is 2.06 bits per heavy atom. The Morgan fingerprint density at radius 3 is 2.61 bits per heavy atom. The van der Waals surface area contributed by atoms with Gasteiger partial charge in [0, 0.05) is 39.2 Å². The molecule has 0 radical (unpaired) electrons. The fourth-order valence-corrected chi connectivity index (χ4v) is 2.03. The first-order valence-corrected chi connectivity index (χ1v) is 6.01. The molecule has 6 heteroatoms. The first kappa shape index (κ1) is 12.8. The molecule has 0 unspecified atom stereocenters. The highest BCUT2D eigenvalue weighted by Crippen LogP contribution is 2.17. The summed E-state index contributed by atoms with van der Waals surface area (Å²) in [6.07, 6.45) is 4.78. The van der Waals surface area contributed by atoms with Gasteiger partial charge in [-0.2, -0.15) is 0 Å². The molecule has 1 aliphatic heterocycles. The van der Waals surface area contributed by atoms with Crippen LogP contribution in [0.1, 0.15) is 23.2 Å². The summed E-state index contributed by atoms with van der Waals surface area (Å²) in [5.41, 5.74) is 0.109. The zero-order valence-electron chi connectivity index (χ0n) is 10.4. The molecule has 0 bridgehead atoms. The third kappa shape index (κ3) is 3.16. The summed E-state index contributed by atoms with van der Waals surface area (Å²) in [6.45, 7) is 2.50. The second-order valence-electron chi connectivity index (χ2n) is 4.51. The van der Waals surface area contributed by atoms with Gasteiger partial charge in [-0.25, -0.2) is 14.8 Å². The van der Waals surface area contributed by atoms with Crippen molar-refractivity contribution < 1.29 is 14.6 Å². The Bertz CT molecular complexity index is 402. The standard InChI is InChI=1S/C12H17N3O3/c1-15(8-9-2-4-18-5-3-9)12-13-6-10(7-14-12)11(16)17/h6-7,9H,2-5,8H2,1H3,(H,16,17). The van der Waals surface area contributed by atoms with Gasteiger partial charge in [-0.05, 0) is 18.8 Å². The predicted molar refractivity (Wildman–Crippen MR) is 65.8 cm³/mol. The molecule has 0 aromatic carbocycles. The van der Waals surface area contributed by atoms with Crippen LogP contribution in [0.25, 0.3) is 0 Å². The monoisotopic (exact) mass is 251 g/mol. The maximum atomic E-state index is 10.7. The number of carboxylic acid groups (broad SMARTS) is 1. The molecule has 0 aliphatic carbocycles. The van der Waals surface area contributed by atoms with Gasteiger partial charge in [-0.1, -0.05) is 0 Å². The first-order valence-electron chi connectivity index (χ1n) is 6.01. The lowest BCUT2D eigenvalue weighted by atomic mass is 10.0. The van der Waals surface area contributed by atoms with Crippen molar-refractivity contribution in [2.75, 3.05) is 31.7 Å². The van der Waals surface area contributed by atoms with Crippen LogP contribution in [-0.2, 0) is 4.74 Å². The minimum absolute atomic E-state index is 0.109. The number of hydrogen-bond acceptors (Lipinski definition) is 5. The van der Waals surface area contributed by atoms with Crippen molar-refractivity contribution in [3.8, 4) is 0 Å². The molecule has 0 saturated carbocycles. The lowest BCUT2D eigenvalue weighted by Gasteiger charge is -2.27. The highest BCUT2D eigenvalue weighted by atomic mass is 16.5. The summed E-state index contributed by atoms with van der Waals surface area (Å²) in [4.78, 5) is 20.8. The summed E-state index contributed by atoms with van der Waals surface area (Å²) in [5, 5.41) is 8.77. The molecular weight excluding hydrogens is 234 g/mol. The topological polar surface area (TPSA) is 75.5 Å². The lowest BCUT2D eigenvalue weighted by molar-refractivity contribution is 0.0682. The summed E-state index contributed by atoms with van der Waals surface area (Å²) < 4.78 is 5.31. The van der Waals surface area contributed by atoms with E-state index in [4.69, 9.17) is 9.84 Å². The van der Waals surface area contributed by atoms with Crippen LogP contribution in [0.4, 0.5) is 5.95 Å². The van der Waals surface area contributed by atoms with Crippen molar-refractivity contribution in [3.63, 3.8) is 0 Å². The molecule has 0 spiro atoms. The zero-order chi connectivity index (χ0) is 13.0. The van der Waals surface area contributed by atoms with E-state index in [9.17, 15) is 4.79 Å². The van der Waals surface area contributed by atoms with Crippen LogP contribution in [0.2, 0.25) is 0 Å². The van der Waals surface area contributed by atoms with Crippen molar-refractivity contribution in [3.05, 3.63) is 18.0 Å². The number of rotatable bonds is 4. The smallest absolute Gasteiger partial charge is 0.338 e. The third-order valence-electron chi connectivity index (χ3n) is 3.10. The van der Waals surface area contributed by atoms with E-state index in [1.54, 1.807) is 0 Å². The van der Waals surface area contributed by atoms with Gasteiger partial charge in [0.15, 0.2) is 0 Å². The van der Waals surface area contributed by atoms with Crippen LogP contribution < -0.4 is 4.90 Å². The number of carbonyl (C=O) groups is 1. The average molecular weight is 251 g/mol. The van der Waals surface area contributed by atoms with Crippen molar-refractivity contribution in [2.24, 2.45) is 5.92 Å². The van der Waals surface area contributed by atoms with E-state index >= 15 is 0 Å². The van der Waals surface area contributed by atoms with E-state index in [2.05, 4.69) is 9.97 Å². The van der Waals surface area contributed by atoms with E-state index in [1.807, 2.05) is 11.9 Å². The molecule has 1 aromatic rings. The van der Waals surface area contributed by atoms with Crippen LogP contribution in [0.3, 0.4) is 0 Å². The molecule has 1 fully saturated rings. The minimum Gasteiger partial charge on any atom is -0.478 e. The van der Waals surface area contributed by atoms with E-state index in [0.29, 0.717) is 11.9 Å². The first-order chi connectivity index (χ1) is 8.66. The molecule has 1 saturated heterocycles. The Kier molecular flexibility index (Phi) is 4.09. The van der Waals surface area contributed by atoms with Crippen LogP contribution in [-0.4, -0.2) is 47.8 Å². The molecule has 98 valence electrons. The van der Waals surface area contributed by atoms with Crippen molar-refractivity contribution >= 4 is 11.9 Å². The molecule has 1 aromatic heterocycles. The van der Waals surface area contributed by atoms with E-state index in [1.165, 1.54) is 12.4 Å².